The fourth-order valence-electron chi connectivity index (χ4n) is 3.63. The molecule has 1 aromatic carbocycles. The van der Waals surface area contributed by atoms with Gasteiger partial charge in [0.2, 0.25) is 5.91 Å². The van der Waals surface area contributed by atoms with E-state index in [1.54, 1.807) is 0 Å². The molecule has 2 aromatic rings. The lowest BCUT2D eigenvalue weighted by molar-refractivity contribution is -0.120. The van der Waals surface area contributed by atoms with Crippen molar-refractivity contribution in [3.8, 4) is 0 Å². The van der Waals surface area contributed by atoms with Crippen LogP contribution in [0.5, 0.6) is 0 Å². The van der Waals surface area contributed by atoms with Crippen molar-refractivity contribution in [3.05, 3.63) is 46.2 Å². The summed E-state index contributed by atoms with van der Waals surface area (Å²) in [5.74, 6) is 0.156. The van der Waals surface area contributed by atoms with E-state index in [1.807, 2.05) is 31.3 Å². The van der Waals surface area contributed by atoms with Gasteiger partial charge in [0, 0.05) is 26.9 Å². The van der Waals surface area contributed by atoms with Gasteiger partial charge in [0.15, 0.2) is 0 Å². The van der Waals surface area contributed by atoms with Crippen molar-refractivity contribution < 1.29 is 4.79 Å². The number of pyridine rings is 1. The van der Waals surface area contributed by atoms with Gasteiger partial charge in [-0.15, -0.1) is 0 Å². The first-order valence-electron chi connectivity index (χ1n) is 8.09. The molecule has 124 valence electrons. The van der Waals surface area contributed by atoms with Crippen molar-refractivity contribution in [1.82, 2.24) is 4.98 Å². The molecule has 1 aromatic heterocycles. The van der Waals surface area contributed by atoms with Gasteiger partial charge in [-0.1, -0.05) is 12.8 Å². The average Bonchev–Trinajstić information content (AvgIpc) is 3.16. The van der Waals surface area contributed by atoms with Crippen molar-refractivity contribution in [2.24, 2.45) is 0 Å². The van der Waals surface area contributed by atoms with Crippen LogP contribution in [0.3, 0.4) is 0 Å². The summed E-state index contributed by atoms with van der Waals surface area (Å²) < 4.78 is 4.31. The molecule has 4 rings (SSSR count). The Morgan fingerprint density at radius 3 is 2.79 bits per heavy atom. The summed E-state index contributed by atoms with van der Waals surface area (Å²) in [6.45, 7) is 1.98. The molecule has 0 radical (unpaired) electrons. The largest absolute Gasteiger partial charge is 0.326 e. The molecular formula is C18H18BrN3OS. The minimum atomic E-state index is -0.328. The summed E-state index contributed by atoms with van der Waals surface area (Å²) in [6.07, 6.45) is 5.98. The molecule has 6 heteroatoms. The van der Waals surface area contributed by atoms with Gasteiger partial charge < -0.3 is 10.0 Å². The smallest absolute Gasteiger partial charge is 0.235 e. The maximum atomic E-state index is 12.6. The first-order chi connectivity index (χ1) is 11.6. The van der Waals surface area contributed by atoms with E-state index < -0.39 is 0 Å². The Labute approximate surface area is 154 Å². The molecule has 1 fully saturated rings. The minimum absolute atomic E-state index is 0.156. The molecule has 1 amide bonds. The second kappa shape index (κ2) is 6.08. The molecule has 0 bridgehead atoms. The zero-order valence-electron chi connectivity index (χ0n) is 13.4. The van der Waals surface area contributed by atoms with E-state index in [4.69, 9.17) is 0 Å². The van der Waals surface area contributed by atoms with Crippen LogP contribution in [0.4, 0.5) is 11.4 Å². The highest BCUT2D eigenvalue weighted by Gasteiger charge is 2.49. The molecule has 24 heavy (non-hydrogen) atoms. The minimum Gasteiger partial charge on any atom is -0.326 e. The quantitative estimate of drug-likeness (QED) is 0.705. The number of amides is 1. The molecule has 1 spiro atoms. The molecule has 2 heterocycles. The van der Waals surface area contributed by atoms with Gasteiger partial charge >= 0.3 is 0 Å². The molecule has 4 nitrogen and oxygen atoms in total. The molecule has 2 N–H and O–H groups in total. The Balaban J connectivity index is 1.62. The molecule has 2 aliphatic rings. The Hall–Kier alpha value is -1.53. The van der Waals surface area contributed by atoms with E-state index in [0.717, 1.165) is 57.7 Å². The topological polar surface area (TPSA) is 54.0 Å². The van der Waals surface area contributed by atoms with E-state index in [0.29, 0.717) is 0 Å². The highest BCUT2D eigenvalue weighted by atomic mass is 79.9. The monoisotopic (exact) mass is 403 g/mol. The van der Waals surface area contributed by atoms with Crippen LogP contribution in [-0.2, 0) is 10.2 Å². The number of nitrogens with one attached hydrogen (secondary N) is 2. The van der Waals surface area contributed by atoms with Crippen molar-refractivity contribution in [2.75, 3.05) is 10.0 Å². The number of benzene rings is 1. The number of carbonyl (C=O) groups is 1. The Morgan fingerprint density at radius 2 is 2.08 bits per heavy atom. The van der Waals surface area contributed by atoms with E-state index >= 15 is 0 Å². The third-order valence-electron chi connectivity index (χ3n) is 4.91. The molecule has 1 saturated carbocycles. The number of carbonyl (C=O) groups excluding carboxylic acids is 1. The van der Waals surface area contributed by atoms with Crippen molar-refractivity contribution in [2.45, 2.75) is 42.9 Å². The molecule has 0 unspecified atom stereocenters. The molecule has 1 aliphatic heterocycles. The highest BCUT2D eigenvalue weighted by Crippen LogP contribution is 2.51. The second-order valence-corrected chi connectivity index (χ2v) is 8.20. The number of hydrogen-bond acceptors (Lipinski definition) is 4. The van der Waals surface area contributed by atoms with Gasteiger partial charge in [0.25, 0.3) is 0 Å². The number of halogens is 1. The van der Waals surface area contributed by atoms with Crippen LogP contribution in [-0.4, -0.2) is 10.9 Å². The number of hydrogen-bond donors (Lipinski definition) is 2. The van der Waals surface area contributed by atoms with E-state index in [2.05, 4.69) is 37.0 Å². The summed E-state index contributed by atoms with van der Waals surface area (Å²) in [4.78, 5) is 17.9. The van der Waals surface area contributed by atoms with Crippen molar-refractivity contribution in [3.63, 3.8) is 0 Å². The predicted molar refractivity (Wildman–Crippen MR) is 101 cm³/mol. The number of anilines is 2. The lowest BCUT2D eigenvalue weighted by atomic mass is 9.80. The highest BCUT2D eigenvalue weighted by molar-refractivity contribution is 9.10. The summed E-state index contributed by atoms with van der Waals surface area (Å²) >= 11 is 5.15. The van der Waals surface area contributed by atoms with E-state index in [9.17, 15) is 4.79 Å². The van der Waals surface area contributed by atoms with Crippen molar-refractivity contribution >= 4 is 45.2 Å². The first-order valence-corrected chi connectivity index (χ1v) is 9.70. The summed E-state index contributed by atoms with van der Waals surface area (Å²) in [5, 5.41) is 3.08. The second-order valence-electron chi connectivity index (χ2n) is 6.46. The van der Waals surface area contributed by atoms with Gasteiger partial charge in [-0.25, -0.2) is 0 Å². The van der Waals surface area contributed by atoms with Gasteiger partial charge in [-0.3, -0.25) is 9.78 Å². The predicted octanol–water partition coefficient (Wildman–Crippen LogP) is 5.04. The lowest BCUT2D eigenvalue weighted by Crippen LogP contribution is -2.30. The van der Waals surface area contributed by atoms with Crippen LogP contribution in [0, 0.1) is 6.92 Å². The van der Waals surface area contributed by atoms with Gasteiger partial charge in [-0.05, 0) is 77.5 Å². The lowest BCUT2D eigenvalue weighted by Gasteiger charge is -2.21. The fraction of sp³-hybridized carbons (Fsp3) is 0.333. The van der Waals surface area contributed by atoms with Crippen LogP contribution in [0.15, 0.2) is 39.8 Å². The number of nitrogens with zero attached hydrogens (tertiary/aromatic N) is 1. The van der Waals surface area contributed by atoms with Crippen LogP contribution >= 0.6 is 27.9 Å². The third kappa shape index (κ3) is 2.62. The number of aryl methyl sites for hydroxylation is 1. The van der Waals surface area contributed by atoms with Crippen LogP contribution < -0.4 is 10.0 Å². The standard InChI is InChI=1S/C18H18BrN3OS/c1-11-4-5-13(10-20-11)24-22-12-8-14-16(15(19)9-12)21-17(23)18(14)6-2-3-7-18/h4-5,8-10,22H,2-3,6-7H2,1H3,(H,21,23). The Kier molecular flexibility index (Phi) is 4.04. The zero-order chi connectivity index (χ0) is 16.7. The number of rotatable bonds is 3. The van der Waals surface area contributed by atoms with Gasteiger partial charge in [0.05, 0.1) is 11.1 Å². The molecule has 0 saturated heterocycles. The fourth-order valence-corrected chi connectivity index (χ4v) is 4.79. The third-order valence-corrected chi connectivity index (χ3v) is 6.35. The Bertz CT molecular complexity index is 801. The van der Waals surface area contributed by atoms with E-state index in [1.165, 1.54) is 11.9 Å². The maximum absolute atomic E-state index is 12.6. The van der Waals surface area contributed by atoms with Crippen LogP contribution in [0.25, 0.3) is 0 Å². The first kappa shape index (κ1) is 16.0. The van der Waals surface area contributed by atoms with Crippen LogP contribution in [0.2, 0.25) is 0 Å². The Morgan fingerprint density at radius 1 is 1.29 bits per heavy atom. The summed E-state index contributed by atoms with van der Waals surface area (Å²) in [7, 11) is 0. The average molecular weight is 404 g/mol. The molecular weight excluding hydrogens is 386 g/mol. The zero-order valence-corrected chi connectivity index (χ0v) is 15.8. The van der Waals surface area contributed by atoms with Gasteiger partial charge in [0.1, 0.15) is 0 Å². The number of aromatic nitrogens is 1. The maximum Gasteiger partial charge on any atom is 0.235 e. The summed E-state index contributed by atoms with van der Waals surface area (Å²) in [5.41, 5.74) is 3.74. The van der Waals surface area contributed by atoms with Gasteiger partial charge in [-0.2, -0.15) is 0 Å². The SMILES string of the molecule is Cc1ccc(SNc2cc(Br)c3c(c2)C2(CCCC2)C(=O)N3)cn1. The number of fused-ring (bicyclic) bond motifs is 2. The summed E-state index contributed by atoms with van der Waals surface area (Å²) in [6, 6.07) is 8.18. The molecule has 1 aliphatic carbocycles. The normalized spacial score (nSPS) is 17.8. The van der Waals surface area contributed by atoms with Crippen molar-refractivity contribution in [1.29, 1.82) is 0 Å². The van der Waals surface area contributed by atoms with Crippen LogP contribution in [0.1, 0.15) is 36.9 Å². The molecule has 0 atom stereocenters. The van der Waals surface area contributed by atoms with E-state index in [-0.39, 0.29) is 11.3 Å².